The second kappa shape index (κ2) is 10.1. The molecule has 0 heterocycles. The summed E-state index contributed by atoms with van der Waals surface area (Å²) in [7, 11) is 0. The lowest BCUT2D eigenvalue weighted by atomic mass is 9.96. The number of benzene rings is 3. The van der Waals surface area contributed by atoms with Crippen LogP contribution >= 0.6 is 0 Å². The minimum atomic E-state index is -1.04. The molecule has 1 amide bonds. The maximum atomic E-state index is 12.9. The Bertz CT molecular complexity index is 1130. The largest absolute Gasteiger partial charge is 0.492 e. The van der Waals surface area contributed by atoms with Crippen LogP contribution in [0.1, 0.15) is 29.8 Å². The van der Waals surface area contributed by atoms with Gasteiger partial charge in [0.1, 0.15) is 5.75 Å². The molecule has 0 radical (unpaired) electrons. The Morgan fingerprint density at radius 2 is 1.61 bits per heavy atom. The number of nitrogens with one attached hydrogen (secondary N) is 1. The zero-order chi connectivity index (χ0) is 22.2. The van der Waals surface area contributed by atoms with Gasteiger partial charge in [-0.25, -0.2) is 4.79 Å². The number of nitriles is 1. The fraction of sp³-hybridized carbons (Fsp3) is 0.160. The van der Waals surface area contributed by atoms with Crippen LogP contribution in [0.5, 0.6) is 5.75 Å². The maximum Gasteiger partial charge on any atom is 0.339 e. The summed E-state index contributed by atoms with van der Waals surface area (Å²) < 4.78 is 10.9. The molecule has 6 nitrogen and oxygen atoms in total. The lowest BCUT2D eigenvalue weighted by Gasteiger charge is -2.17. The molecule has 31 heavy (non-hydrogen) atoms. The van der Waals surface area contributed by atoms with Gasteiger partial charge in [0, 0.05) is 5.56 Å². The van der Waals surface area contributed by atoms with Crippen molar-refractivity contribution in [1.29, 1.82) is 5.26 Å². The van der Waals surface area contributed by atoms with Crippen molar-refractivity contribution in [3.05, 3.63) is 83.9 Å². The Kier molecular flexibility index (Phi) is 7.02. The quantitative estimate of drug-likeness (QED) is 0.561. The fourth-order valence-corrected chi connectivity index (χ4v) is 3.07. The standard InChI is InChI=1S/C25H22N2O4/c1-3-30-23-15-9-8-14-22(23)27-24(28)17(2)31-25(29)21-13-7-6-12-20(21)19-11-5-4-10-18(19)16-26/h4-15,17H,3H2,1-2H3,(H,27,28)/t17-/m1/s1. The molecule has 0 spiro atoms. The molecule has 0 aliphatic carbocycles. The molecule has 0 unspecified atom stereocenters. The number of esters is 1. The molecule has 3 aromatic rings. The number of nitrogens with zero attached hydrogens (tertiary/aromatic N) is 1. The van der Waals surface area contributed by atoms with E-state index in [0.29, 0.717) is 34.7 Å². The lowest BCUT2D eigenvalue weighted by Crippen LogP contribution is -2.30. The van der Waals surface area contributed by atoms with E-state index in [2.05, 4.69) is 11.4 Å². The Hall–Kier alpha value is -4.11. The van der Waals surface area contributed by atoms with E-state index >= 15 is 0 Å². The van der Waals surface area contributed by atoms with E-state index in [1.165, 1.54) is 6.92 Å². The van der Waals surface area contributed by atoms with E-state index in [4.69, 9.17) is 9.47 Å². The normalized spacial score (nSPS) is 11.1. The third-order valence-electron chi connectivity index (χ3n) is 4.58. The highest BCUT2D eigenvalue weighted by Gasteiger charge is 2.22. The van der Waals surface area contributed by atoms with E-state index in [9.17, 15) is 14.9 Å². The van der Waals surface area contributed by atoms with Crippen LogP contribution in [0.25, 0.3) is 11.1 Å². The van der Waals surface area contributed by atoms with Crippen LogP contribution in [0.4, 0.5) is 5.69 Å². The molecule has 0 aliphatic heterocycles. The molecule has 1 atom stereocenters. The first-order valence-corrected chi connectivity index (χ1v) is 9.87. The average molecular weight is 414 g/mol. The van der Waals surface area contributed by atoms with Gasteiger partial charge in [-0.2, -0.15) is 5.26 Å². The van der Waals surface area contributed by atoms with E-state index in [1.807, 2.05) is 6.92 Å². The van der Waals surface area contributed by atoms with Crippen LogP contribution < -0.4 is 10.1 Å². The summed E-state index contributed by atoms with van der Waals surface area (Å²) in [4.78, 5) is 25.5. The minimum Gasteiger partial charge on any atom is -0.492 e. The lowest BCUT2D eigenvalue weighted by molar-refractivity contribution is -0.123. The van der Waals surface area contributed by atoms with Gasteiger partial charge in [0.25, 0.3) is 5.91 Å². The van der Waals surface area contributed by atoms with Gasteiger partial charge in [0.15, 0.2) is 6.10 Å². The Balaban J connectivity index is 1.78. The SMILES string of the molecule is CCOc1ccccc1NC(=O)[C@@H](C)OC(=O)c1ccccc1-c1ccccc1C#N. The van der Waals surface area contributed by atoms with Crippen molar-refractivity contribution in [2.24, 2.45) is 0 Å². The van der Waals surface area contributed by atoms with Crippen LogP contribution in [0.15, 0.2) is 72.8 Å². The van der Waals surface area contributed by atoms with Crippen molar-refractivity contribution < 1.29 is 19.1 Å². The van der Waals surface area contributed by atoms with Crippen molar-refractivity contribution >= 4 is 17.6 Å². The number of hydrogen-bond acceptors (Lipinski definition) is 5. The molecule has 1 N–H and O–H groups in total. The van der Waals surface area contributed by atoms with Crippen molar-refractivity contribution in [2.75, 3.05) is 11.9 Å². The summed E-state index contributed by atoms with van der Waals surface area (Å²) in [5, 5.41) is 12.1. The first kappa shape index (κ1) is 21.6. The number of carbonyl (C=O) groups excluding carboxylic acids is 2. The van der Waals surface area contributed by atoms with Gasteiger partial charge in [-0.15, -0.1) is 0 Å². The molecule has 3 rings (SSSR count). The molecular weight excluding hydrogens is 392 g/mol. The number of ether oxygens (including phenoxy) is 2. The van der Waals surface area contributed by atoms with Crippen molar-refractivity contribution in [2.45, 2.75) is 20.0 Å². The molecule has 0 bridgehead atoms. The highest BCUT2D eigenvalue weighted by molar-refractivity contribution is 6.01. The van der Waals surface area contributed by atoms with Crippen LogP contribution in [-0.2, 0) is 9.53 Å². The first-order chi connectivity index (χ1) is 15.0. The van der Waals surface area contributed by atoms with E-state index < -0.39 is 18.0 Å². The van der Waals surface area contributed by atoms with Crippen molar-refractivity contribution in [3.8, 4) is 22.9 Å². The third kappa shape index (κ3) is 5.09. The number of hydrogen-bond donors (Lipinski definition) is 1. The number of carbonyl (C=O) groups is 2. The van der Waals surface area contributed by atoms with Gasteiger partial charge in [-0.3, -0.25) is 4.79 Å². The second-order valence-electron chi connectivity index (χ2n) is 6.67. The second-order valence-corrected chi connectivity index (χ2v) is 6.67. The van der Waals surface area contributed by atoms with Crippen LogP contribution in [0.2, 0.25) is 0 Å². The maximum absolute atomic E-state index is 12.9. The predicted molar refractivity (Wildman–Crippen MR) is 118 cm³/mol. The molecule has 0 saturated carbocycles. The fourth-order valence-electron chi connectivity index (χ4n) is 3.07. The first-order valence-electron chi connectivity index (χ1n) is 9.87. The average Bonchev–Trinajstić information content (AvgIpc) is 2.80. The summed E-state index contributed by atoms with van der Waals surface area (Å²) in [6, 6.07) is 23.0. The van der Waals surface area contributed by atoms with Gasteiger partial charge in [-0.05, 0) is 43.7 Å². The zero-order valence-corrected chi connectivity index (χ0v) is 17.3. The van der Waals surface area contributed by atoms with E-state index in [0.717, 1.165) is 0 Å². The number of amides is 1. The summed E-state index contributed by atoms with van der Waals surface area (Å²) in [6.07, 6.45) is -1.04. The van der Waals surface area contributed by atoms with Crippen LogP contribution in [0.3, 0.4) is 0 Å². The Morgan fingerprint density at radius 1 is 0.968 bits per heavy atom. The highest BCUT2D eigenvalue weighted by Crippen LogP contribution is 2.28. The van der Waals surface area contributed by atoms with E-state index in [1.54, 1.807) is 72.8 Å². The van der Waals surface area contributed by atoms with Crippen LogP contribution in [-0.4, -0.2) is 24.6 Å². The summed E-state index contributed by atoms with van der Waals surface area (Å²) in [5.74, 6) is -0.588. The van der Waals surface area contributed by atoms with Crippen LogP contribution in [0, 0.1) is 11.3 Å². The van der Waals surface area contributed by atoms with E-state index in [-0.39, 0.29) is 5.56 Å². The van der Waals surface area contributed by atoms with Gasteiger partial charge >= 0.3 is 5.97 Å². The summed E-state index contributed by atoms with van der Waals surface area (Å²) >= 11 is 0. The minimum absolute atomic E-state index is 0.277. The summed E-state index contributed by atoms with van der Waals surface area (Å²) in [5.41, 5.74) is 2.42. The zero-order valence-electron chi connectivity index (χ0n) is 17.3. The molecule has 0 aromatic heterocycles. The predicted octanol–water partition coefficient (Wildman–Crippen LogP) is 4.81. The van der Waals surface area contributed by atoms with Gasteiger partial charge in [0.2, 0.25) is 0 Å². The van der Waals surface area contributed by atoms with Gasteiger partial charge in [-0.1, -0.05) is 48.5 Å². The third-order valence-corrected chi connectivity index (χ3v) is 4.58. The molecular formula is C25H22N2O4. The highest BCUT2D eigenvalue weighted by atomic mass is 16.5. The van der Waals surface area contributed by atoms with Crippen molar-refractivity contribution in [1.82, 2.24) is 0 Å². The smallest absolute Gasteiger partial charge is 0.339 e. The Morgan fingerprint density at radius 3 is 2.35 bits per heavy atom. The molecule has 3 aromatic carbocycles. The number of para-hydroxylation sites is 2. The number of rotatable bonds is 7. The molecule has 0 aliphatic rings. The van der Waals surface area contributed by atoms with Gasteiger partial charge < -0.3 is 14.8 Å². The molecule has 0 saturated heterocycles. The molecule has 156 valence electrons. The molecule has 6 heteroatoms. The van der Waals surface area contributed by atoms with Gasteiger partial charge in [0.05, 0.1) is 29.5 Å². The monoisotopic (exact) mass is 414 g/mol. The topological polar surface area (TPSA) is 88.4 Å². The molecule has 0 fully saturated rings. The van der Waals surface area contributed by atoms with Crippen molar-refractivity contribution in [3.63, 3.8) is 0 Å². The number of anilines is 1. The Labute approximate surface area is 181 Å². The summed E-state index contributed by atoms with van der Waals surface area (Å²) in [6.45, 7) is 3.81.